The topological polar surface area (TPSA) is 103 Å². The maximum absolute atomic E-state index is 12.6. The first-order valence-corrected chi connectivity index (χ1v) is 11.2. The van der Waals surface area contributed by atoms with Crippen LogP contribution in [0.2, 0.25) is 0 Å². The lowest BCUT2D eigenvalue weighted by molar-refractivity contribution is 0.0949. The Morgan fingerprint density at radius 3 is 2.71 bits per heavy atom. The van der Waals surface area contributed by atoms with Gasteiger partial charge in [0.1, 0.15) is 17.3 Å². The summed E-state index contributed by atoms with van der Waals surface area (Å²) < 4.78 is 12.3. The maximum Gasteiger partial charge on any atom is 0.255 e. The van der Waals surface area contributed by atoms with Crippen molar-refractivity contribution in [3.63, 3.8) is 0 Å². The van der Waals surface area contributed by atoms with Crippen LogP contribution < -0.4 is 20.1 Å². The minimum atomic E-state index is -0.227. The van der Waals surface area contributed by atoms with E-state index in [1.54, 1.807) is 36.2 Å². The zero-order chi connectivity index (χ0) is 22.4. The van der Waals surface area contributed by atoms with Crippen molar-refractivity contribution in [2.45, 2.75) is 25.5 Å². The molecule has 0 radical (unpaired) electrons. The first kappa shape index (κ1) is 22.7. The lowest BCUT2D eigenvalue weighted by Crippen LogP contribution is -2.28. The Bertz CT molecular complexity index is 1050. The molecule has 0 aliphatic carbocycles. The summed E-state index contributed by atoms with van der Waals surface area (Å²) >= 11 is 1.48. The molecule has 0 unspecified atom stereocenters. The number of carbonyl (C=O) groups is 1. The molecule has 0 saturated carbocycles. The average molecular weight is 445 g/mol. The summed E-state index contributed by atoms with van der Waals surface area (Å²) in [6, 6.07) is 5.09. The molecule has 31 heavy (non-hydrogen) atoms. The van der Waals surface area contributed by atoms with Crippen molar-refractivity contribution in [2.24, 2.45) is 5.92 Å². The number of thioether (sulfide) groups is 1. The molecule has 0 bridgehead atoms. The minimum Gasteiger partial charge on any atom is -0.497 e. The van der Waals surface area contributed by atoms with Crippen LogP contribution in [0, 0.1) is 5.92 Å². The van der Waals surface area contributed by atoms with E-state index >= 15 is 0 Å². The lowest BCUT2D eigenvalue weighted by atomic mass is 10.1. The molecule has 0 saturated heterocycles. The number of hydrogen-bond donors (Lipinski definition) is 2. The highest BCUT2D eigenvalue weighted by atomic mass is 32.2. The number of carbonyl (C=O) groups excluding carboxylic acids is 1. The standard InChI is InChI=1S/C21H28N6O3S/c1-13(2)11-23-18-16-12-24-27(19(16)26-21(25-18)31-5)9-8-22-20(28)15-7-6-14(29-3)10-17(15)30-4/h6-7,10,12-13H,8-9,11H2,1-5H3,(H,22,28)(H,23,25,26). The van der Waals surface area contributed by atoms with Gasteiger partial charge in [0.05, 0.1) is 37.9 Å². The number of methoxy groups -OCH3 is 2. The summed E-state index contributed by atoms with van der Waals surface area (Å²) in [5, 5.41) is 12.3. The number of aromatic nitrogens is 4. The number of rotatable bonds is 10. The number of nitrogens with zero attached hydrogens (tertiary/aromatic N) is 4. The lowest BCUT2D eigenvalue weighted by Gasteiger charge is -2.12. The van der Waals surface area contributed by atoms with E-state index < -0.39 is 0 Å². The van der Waals surface area contributed by atoms with Gasteiger partial charge in [-0.25, -0.2) is 14.6 Å². The van der Waals surface area contributed by atoms with Crippen LogP contribution >= 0.6 is 11.8 Å². The van der Waals surface area contributed by atoms with Gasteiger partial charge in [-0.2, -0.15) is 5.10 Å². The predicted molar refractivity (Wildman–Crippen MR) is 122 cm³/mol. The van der Waals surface area contributed by atoms with Gasteiger partial charge in [0.25, 0.3) is 5.91 Å². The van der Waals surface area contributed by atoms with Crippen molar-refractivity contribution in [1.29, 1.82) is 0 Å². The van der Waals surface area contributed by atoms with Gasteiger partial charge in [0, 0.05) is 19.2 Å². The fourth-order valence-corrected chi connectivity index (χ4v) is 3.34. The molecule has 10 heteroatoms. The molecule has 1 aromatic carbocycles. The maximum atomic E-state index is 12.6. The van der Waals surface area contributed by atoms with Crippen molar-refractivity contribution < 1.29 is 14.3 Å². The second-order valence-electron chi connectivity index (χ2n) is 7.26. The van der Waals surface area contributed by atoms with Crippen molar-refractivity contribution >= 4 is 34.5 Å². The Kier molecular flexibility index (Phi) is 7.56. The van der Waals surface area contributed by atoms with Crippen LogP contribution in [-0.4, -0.2) is 59.2 Å². The second-order valence-corrected chi connectivity index (χ2v) is 8.03. The monoisotopic (exact) mass is 444 g/mol. The third-order valence-electron chi connectivity index (χ3n) is 4.60. The first-order valence-electron chi connectivity index (χ1n) is 9.98. The molecule has 166 valence electrons. The quantitative estimate of drug-likeness (QED) is 0.363. The van der Waals surface area contributed by atoms with Crippen molar-refractivity contribution in [2.75, 3.05) is 38.9 Å². The van der Waals surface area contributed by atoms with Gasteiger partial charge in [0.15, 0.2) is 10.8 Å². The molecule has 2 aromatic heterocycles. The summed E-state index contributed by atoms with van der Waals surface area (Å²) in [4.78, 5) is 21.8. The fourth-order valence-electron chi connectivity index (χ4n) is 2.98. The minimum absolute atomic E-state index is 0.227. The number of fused-ring (bicyclic) bond motifs is 1. The molecule has 2 heterocycles. The van der Waals surface area contributed by atoms with Crippen LogP contribution in [0.3, 0.4) is 0 Å². The molecule has 0 aliphatic heterocycles. The SMILES string of the molecule is COc1ccc(C(=O)NCCn2ncc3c(NCC(C)C)nc(SC)nc32)c(OC)c1. The molecule has 3 aromatic rings. The van der Waals surface area contributed by atoms with Gasteiger partial charge in [-0.1, -0.05) is 25.6 Å². The largest absolute Gasteiger partial charge is 0.497 e. The van der Waals surface area contributed by atoms with Crippen molar-refractivity contribution in [3.05, 3.63) is 30.0 Å². The number of nitrogens with one attached hydrogen (secondary N) is 2. The molecule has 9 nitrogen and oxygen atoms in total. The van der Waals surface area contributed by atoms with E-state index in [2.05, 4.69) is 39.5 Å². The first-order chi connectivity index (χ1) is 15.0. The molecular formula is C21H28N6O3S. The number of anilines is 1. The van der Waals surface area contributed by atoms with Crippen LogP contribution in [0.25, 0.3) is 11.0 Å². The molecule has 0 aliphatic rings. The number of amides is 1. The normalized spacial score (nSPS) is 11.0. The van der Waals surface area contributed by atoms with E-state index in [1.807, 2.05) is 6.26 Å². The van der Waals surface area contributed by atoms with E-state index in [1.165, 1.54) is 18.9 Å². The molecule has 2 N–H and O–H groups in total. The van der Waals surface area contributed by atoms with Gasteiger partial charge in [-0.3, -0.25) is 4.79 Å². The highest BCUT2D eigenvalue weighted by Gasteiger charge is 2.15. The van der Waals surface area contributed by atoms with Crippen LogP contribution in [0.15, 0.2) is 29.6 Å². The van der Waals surface area contributed by atoms with E-state index in [4.69, 9.17) is 9.47 Å². The Labute approximate surface area is 185 Å². The molecule has 1 amide bonds. The van der Waals surface area contributed by atoms with Crippen LogP contribution in [0.4, 0.5) is 5.82 Å². The average Bonchev–Trinajstić information content (AvgIpc) is 3.19. The Hall–Kier alpha value is -3.01. The predicted octanol–water partition coefficient (Wildman–Crippen LogP) is 3.06. The number of ether oxygens (including phenoxy) is 2. The summed E-state index contributed by atoms with van der Waals surface area (Å²) in [6.45, 7) is 5.96. The highest BCUT2D eigenvalue weighted by molar-refractivity contribution is 7.98. The summed E-state index contributed by atoms with van der Waals surface area (Å²) in [7, 11) is 3.09. The Morgan fingerprint density at radius 1 is 1.23 bits per heavy atom. The Balaban J connectivity index is 1.73. The smallest absolute Gasteiger partial charge is 0.255 e. The van der Waals surface area contributed by atoms with Crippen LogP contribution in [0.1, 0.15) is 24.2 Å². The van der Waals surface area contributed by atoms with E-state index in [9.17, 15) is 4.79 Å². The van der Waals surface area contributed by atoms with Crippen LogP contribution in [0.5, 0.6) is 11.5 Å². The second kappa shape index (κ2) is 10.3. The summed E-state index contributed by atoms with van der Waals surface area (Å²) in [5.74, 6) is 2.13. The van der Waals surface area contributed by atoms with Crippen molar-refractivity contribution in [3.8, 4) is 11.5 Å². The molecule has 0 fully saturated rings. The number of hydrogen-bond acceptors (Lipinski definition) is 8. The molecule has 0 atom stereocenters. The summed E-state index contributed by atoms with van der Waals surface area (Å²) in [6.07, 6.45) is 3.70. The molecule has 3 rings (SSSR count). The Morgan fingerprint density at radius 2 is 2.03 bits per heavy atom. The van der Waals surface area contributed by atoms with Crippen molar-refractivity contribution in [1.82, 2.24) is 25.1 Å². The molecule has 0 spiro atoms. The highest BCUT2D eigenvalue weighted by Crippen LogP contribution is 2.25. The van der Waals surface area contributed by atoms with Crippen LogP contribution in [-0.2, 0) is 6.54 Å². The third-order valence-corrected chi connectivity index (χ3v) is 5.15. The van der Waals surface area contributed by atoms with Gasteiger partial charge in [-0.05, 0) is 24.3 Å². The van der Waals surface area contributed by atoms with E-state index in [-0.39, 0.29) is 5.91 Å². The molecular weight excluding hydrogens is 416 g/mol. The zero-order valence-corrected chi connectivity index (χ0v) is 19.2. The third kappa shape index (κ3) is 5.38. The fraction of sp³-hybridized carbons (Fsp3) is 0.429. The van der Waals surface area contributed by atoms with Gasteiger partial charge >= 0.3 is 0 Å². The van der Waals surface area contributed by atoms with E-state index in [0.717, 1.165) is 23.4 Å². The van der Waals surface area contributed by atoms with Gasteiger partial charge < -0.3 is 20.1 Å². The van der Waals surface area contributed by atoms with Gasteiger partial charge in [-0.15, -0.1) is 0 Å². The van der Waals surface area contributed by atoms with Gasteiger partial charge in [0.2, 0.25) is 0 Å². The number of benzene rings is 1. The summed E-state index contributed by atoms with van der Waals surface area (Å²) in [5.41, 5.74) is 1.18. The zero-order valence-electron chi connectivity index (χ0n) is 18.4. The van der Waals surface area contributed by atoms with E-state index in [0.29, 0.717) is 41.2 Å².